The average Bonchev–Trinajstić information content (AvgIpc) is 3.20. The number of ether oxygens (including phenoxy) is 1. The number of benzene rings is 1. The van der Waals surface area contributed by atoms with E-state index in [2.05, 4.69) is 28.5 Å². The highest BCUT2D eigenvalue weighted by Gasteiger charge is 2.51. The molecule has 21 heavy (non-hydrogen) atoms. The Balaban J connectivity index is 1.60. The van der Waals surface area contributed by atoms with Gasteiger partial charge in [-0.1, -0.05) is 24.3 Å². The highest BCUT2D eigenvalue weighted by molar-refractivity contribution is 6.00. The van der Waals surface area contributed by atoms with Crippen LogP contribution in [0.3, 0.4) is 0 Å². The topological polar surface area (TPSA) is 51.2 Å². The van der Waals surface area contributed by atoms with Crippen LogP contribution in [0.2, 0.25) is 0 Å². The lowest BCUT2D eigenvalue weighted by atomic mass is 9.92. The summed E-state index contributed by atoms with van der Waals surface area (Å²) in [6.07, 6.45) is 3.47. The lowest BCUT2D eigenvalue weighted by Gasteiger charge is -2.16. The fourth-order valence-electron chi connectivity index (χ4n) is 2.91. The van der Waals surface area contributed by atoms with Gasteiger partial charge in [0.15, 0.2) is 0 Å². The second-order valence-corrected chi connectivity index (χ2v) is 5.73. The summed E-state index contributed by atoms with van der Waals surface area (Å²) in [6.45, 7) is 1.34. The van der Waals surface area contributed by atoms with E-state index >= 15 is 0 Å². The maximum absolute atomic E-state index is 12.6. The summed E-state index contributed by atoms with van der Waals surface area (Å²) in [5.74, 6) is 0.651. The van der Waals surface area contributed by atoms with Crippen molar-refractivity contribution in [2.24, 2.45) is 0 Å². The number of pyridine rings is 1. The number of carbonyl (C=O) groups is 1. The van der Waals surface area contributed by atoms with Gasteiger partial charge in [0, 0.05) is 6.20 Å². The normalized spacial score (nSPS) is 18.1. The summed E-state index contributed by atoms with van der Waals surface area (Å²) < 4.78 is 5.45. The molecule has 0 radical (unpaired) electrons. The minimum atomic E-state index is -0.380. The van der Waals surface area contributed by atoms with Gasteiger partial charge in [-0.25, -0.2) is 4.98 Å². The number of aromatic nitrogens is 1. The van der Waals surface area contributed by atoms with Crippen molar-refractivity contribution in [1.29, 1.82) is 0 Å². The molecule has 0 spiro atoms. The first kappa shape index (κ1) is 12.5. The molecule has 0 bridgehead atoms. The molecule has 106 valence electrons. The Bertz CT molecular complexity index is 693. The summed E-state index contributed by atoms with van der Waals surface area (Å²) in [7, 11) is 0. The van der Waals surface area contributed by atoms with Crippen molar-refractivity contribution in [2.45, 2.75) is 31.5 Å². The summed E-state index contributed by atoms with van der Waals surface area (Å²) in [5.41, 5.74) is 3.17. The van der Waals surface area contributed by atoms with Crippen LogP contribution in [0, 0.1) is 0 Å². The van der Waals surface area contributed by atoms with Crippen LogP contribution in [0.1, 0.15) is 29.5 Å². The molecule has 1 amide bonds. The second-order valence-electron chi connectivity index (χ2n) is 5.73. The third-order valence-electron chi connectivity index (χ3n) is 4.37. The van der Waals surface area contributed by atoms with Crippen molar-refractivity contribution in [3.63, 3.8) is 0 Å². The molecule has 1 N–H and O–H groups in total. The number of anilines is 1. The standard InChI is InChI=1S/C17H16N2O2/c20-16(19-15-3-1-2-8-18-15)17(6-7-17)14-5-4-12-10-21-11-13(12)9-14/h1-5,8-9H,6-7,10-11H2,(H,18,19,20). The molecule has 1 aliphatic carbocycles. The van der Waals surface area contributed by atoms with Gasteiger partial charge in [-0.15, -0.1) is 0 Å². The molecule has 1 fully saturated rings. The van der Waals surface area contributed by atoms with Gasteiger partial charge >= 0.3 is 0 Å². The smallest absolute Gasteiger partial charge is 0.236 e. The fourth-order valence-corrected chi connectivity index (χ4v) is 2.91. The largest absolute Gasteiger partial charge is 0.372 e. The molecule has 1 aliphatic heterocycles. The molecule has 2 aromatic rings. The van der Waals surface area contributed by atoms with Crippen LogP contribution < -0.4 is 5.32 Å². The van der Waals surface area contributed by atoms with Crippen LogP contribution >= 0.6 is 0 Å². The van der Waals surface area contributed by atoms with E-state index in [1.807, 2.05) is 18.2 Å². The summed E-state index contributed by atoms with van der Waals surface area (Å²) in [6, 6.07) is 11.8. The van der Waals surface area contributed by atoms with E-state index in [0.29, 0.717) is 19.0 Å². The van der Waals surface area contributed by atoms with Crippen LogP contribution in [0.15, 0.2) is 42.6 Å². The Kier molecular flexibility index (Phi) is 2.79. The minimum absolute atomic E-state index is 0.0417. The van der Waals surface area contributed by atoms with Gasteiger partial charge in [-0.2, -0.15) is 0 Å². The average molecular weight is 280 g/mol. The SMILES string of the molecule is O=C(Nc1ccccn1)C1(c2ccc3c(c2)COC3)CC1. The number of rotatable bonds is 3. The van der Waals surface area contributed by atoms with E-state index in [-0.39, 0.29) is 11.3 Å². The molecular formula is C17H16N2O2. The van der Waals surface area contributed by atoms with Crippen molar-refractivity contribution in [3.05, 3.63) is 59.3 Å². The Morgan fingerprint density at radius 2 is 2.00 bits per heavy atom. The first-order valence-electron chi connectivity index (χ1n) is 7.20. The zero-order chi connectivity index (χ0) is 14.3. The Labute approximate surface area is 123 Å². The highest BCUT2D eigenvalue weighted by atomic mass is 16.5. The lowest BCUT2D eigenvalue weighted by molar-refractivity contribution is -0.118. The summed E-state index contributed by atoms with van der Waals surface area (Å²) >= 11 is 0. The first-order valence-corrected chi connectivity index (χ1v) is 7.20. The summed E-state index contributed by atoms with van der Waals surface area (Å²) in [5, 5.41) is 2.93. The number of nitrogens with zero attached hydrogens (tertiary/aromatic N) is 1. The molecule has 1 saturated carbocycles. The van der Waals surface area contributed by atoms with Crippen molar-refractivity contribution in [1.82, 2.24) is 4.98 Å². The van der Waals surface area contributed by atoms with Gasteiger partial charge < -0.3 is 10.1 Å². The van der Waals surface area contributed by atoms with Crippen molar-refractivity contribution >= 4 is 11.7 Å². The number of carbonyl (C=O) groups excluding carboxylic acids is 1. The van der Waals surface area contributed by atoms with E-state index < -0.39 is 0 Å². The third-order valence-corrected chi connectivity index (χ3v) is 4.37. The fraction of sp³-hybridized carbons (Fsp3) is 0.294. The van der Waals surface area contributed by atoms with E-state index in [4.69, 9.17) is 4.74 Å². The van der Waals surface area contributed by atoms with Crippen LogP contribution in [0.4, 0.5) is 5.82 Å². The number of nitrogens with one attached hydrogen (secondary N) is 1. The van der Waals surface area contributed by atoms with Crippen LogP contribution in [0.25, 0.3) is 0 Å². The number of hydrogen-bond donors (Lipinski definition) is 1. The minimum Gasteiger partial charge on any atom is -0.372 e. The molecule has 4 heteroatoms. The number of amides is 1. The maximum Gasteiger partial charge on any atom is 0.236 e. The zero-order valence-corrected chi connectivity index (χ0v) is 11.6. The van der Waals surface area contributed by atoms with E-state index in [1.165, 1.54) is 11.1 Å². The molecular weight excluding hydrogens is 264 g/mol. The predicted molar refractivity (Wildman–Crippen MR) is 78.7 cm³/mol. The molecule has 1 aromatic heterocycles. The third kappa shape index (κ3) is 2.12. The zero-order valence-electron chi connectivity index (χ0n) is 11.6. The van der Waals surface area contributed by atoms with Crippen molar-refractivity contribution < 1.29 is 9.53 Å². The van der Waals surface area contributed by atoms with Gasteiger partial charge in [-0.05, 0) is 41.7 Å². The summed E-state index contributed by atoms with van der Waals surface area (Å²) in [4.78, 5) is 16.8. The highest BCUT2D eigenvalue weighted by Crippen LogP contribution is 2.49. The van der Waals surface area contributed by atoms with Gasteiger partial charge in [0.2, 0.25) is 5.91 Å². The van der Waals surface area contributed by atoms with E-state index in [9.17, 15) is 4.79 Å². The van der Waals surface area contributed by atoms with E-state index in [1.54, 1.807) is 6.20 Å². The Morgan fingerprint density at radius 3 is 2.76 bits per heavy atom. The van der Waals surface area contributed by atoms with Crippen molar-refractivity contribution in [2.75, 3.05) is 5.32 Å². The molecule has 2 heterocycles. The van der Waals surface area contributed by atoms with E-state index in [0.717, 1.165) is 18.4 Å². The second kappa shape index (κ2) is 4.67. The molecule has 1 aromatic carbocycles. The lowest BCUT2D eigenvalue weighted by Crippen LogP contribution is -2.28. The van der Waals surface area contributed by atoms with Gasteiger partial charge in [-0.3, -0.25) is 4.79 Å². The molecule has 0 unspecified atom stereocenters. The monoisotopic (exact) mass is 280 g/mol. The molecule has 0 atom stereocenters. The molecule has 0 saturated heterocycles. The van der Waals surface area contributed by atoms with Crippen molar-refractivity contribution in [3.8, 4) is 0 Å². The van der Waals surface area contributed by atoms with Crippen LogP contribution in [-0.2, 0) is 28.2 Å². The van der Waals surface area contributed by atoms with Crippen LogP contribution in [0.5, 0.6) is 0 Å². The number of fused-ring (bicyclic) bond motifs is 1. The van der Waals surface area contributed by atoms with Gasteiger partial charge in [0.05, 0.1) is 18.6 Å². The predicted octanol–water partition coefficient (Wildman–Crippen LogP) is 2.78. The Hall–Kier alpha value is -2.20. The number of hydrogen-bond acceptors (Lipinski definition) is 3. The first-order chi connectivity index (χ1) is 10.3. The molecule has 2 aliphatic rings. The van der Waals surface area contributed by atoms with Gasteiger partial charge in [0.25, 0.3) is 0 Å². The van der Waals surface area contributed by atoms with Gasteiger partial charge in [0.1, 0.15) is 5.82 Å². The maximum atomic E-state index is 12.6. The van der Waals surface area contributed by atoms with Crippen LogP contribution in [-0.4, -0.2) is 10.9 Å². The molecule has 4 nitrogen and oxygen atoms in total. The molecule has 4 rings (SSSR count). The Morgan fingerprint density at radius 1 is 1.14 bits per heavy atom. The quantitative estimate of drug-likeness (QED) is 0.940.